The van der Waals surface area contributed by atoms with Crippen LogP contribution in [0.4, 0.5) is 17.2 Å². The third-order valence-electron chi connectivity index (χ3n) is 2.25. The third-order valence-corrected chi connectivity index (χ3v) is 3.15. The van der Waals surface area contributed by atoms with Crippen molar-refractivity contribution in [2.24, 2.45) is 5.14 Å². The van der Waals surface area contributed by atoms with Crippen molar-refractivity contribution in [2.75, 3.05) is 11.1 Å². The van der Waals surface area contributed by atoms with Gasteiger partial charge in [-0.15, -0.1) is 0 Å². The van der Waals surface area contributed by atoms with E-state index in [1.807, 2.05) is 0 Å². The maximum Gasteiger partial charge on any atom is 0.239 e. The van der Waals surface area contributed by atoms with Gasteiger partial charge in [0.05, 0.1) is 0 Å². The Kier molecular flexibility index (Phi) is 3.17. The van der Waals surface area contributed by atoms with Gasteiger partial charge in [0, 0.05) is 17.6 Å². The molecule has 0 fully saturated rings. The average Bonchev–Trinajstić information content (AvgIpc) is 2.32. The number of hydrogen-bond acceptors (Lipinski definition) is 5. The molecule has 0 aliphatic rings. The Hall–Kier alpha value is -2.12. The van der Waals surface area contributed by atoms with Gasteiger partial charge in [-0.2, -0.15) is 0 Å². The molecule has 0 saturated heterocycles. The fraction of sp³-hybridized carbons (Fsp3) is 0. The Labute approximate surface area is 105 Å². The molecule has 6 nitrogen and oxygen atoms in total. The first-order valence-corrected chi connectivity index (χ1v) is 6.61. The molecule has 1 heterocycles. The van der Waals surface area contributed by atoms with Gasteiger partial charge in [-0.25, -0.2) is 18.5 Å². The van der Waals surface area contributed by atoms with Crippen LogP contribution in [0.15, 0.2) is 47.5 Å². The first-order valence-electron chi connectivity index (χ1n) is 5.06. The lowest BCUT2D eigenvalue weighted by Gasteiger charge is -2.06. The van der Waals surface area contributed by atoms with Gasteiger partial charge in [-0.3, -0.25) is 0 Å². The normalized spacial score (nSPS) is 11.2. The molecule has 0 unspecified atom stereocenters. The summed E-state index contributed by atoms with van der Waals surface area (Å²) >= 11 is 0. The van der Waals surface area contributed by atoms with Crippen molar-refractivity contribution < 1.29 is 8.42 Å². The van der Waals surface area contributed by atoms with Crippen LogP contribution in [0.3, 0.4) is 0 Å². The molecule has 0 atom stereocenters. The SMILES string of the molecule is Nc1ccc(Nc2ccc(S(N)(=O)=O)cn2)cc1. The molecule has 0 aliphatic heterocycles. The number of nitrogen functional groups attached to an aromatic ring is 1. The van der Waals surface area contributed by atoms with Gasteiger partial charge in [0.2, 0.25) is 10.0 Å². The number of aromatic nitrogens is 1. The van der Waals surface area contributed by atoms with Crippen LogP contribution in [0.1, 0.15) is 0 Å². The van der Waals surface area contributed by atoms with E-state index >= 15 is 0 Å². The molecule has 2 aromatic rings. The number of rotatable bonds is 3. The zero-order chi connectivity index (χ0) is 13.2. The van der Waals surface area contributed by atoms with E-state index < -0.39 is 10.0 Å². The Balaban J connectivity index is 2.18. The number of nitrogens with one attached hydrogen (secondary N) is 1. The first kappa shape index (κ1) is 12.3. The highest BCUT2D eigenvalue weighted by Gasteiger charge is 2.07. The predicted octanol–water partition coefficient (Wildman–Crippen LogP) is 1.05. The molecule has 2 rings (SSSR count). The number of nitrogens with zero attached hydrogens (tertiary/aromatic N) is 1. The molecule has 94 valence electrons. The molecule has 1 aromatic carbocycles. The van der Waals surface area contributed by atoms with Crippen molar-refractivity contribution in [1.82, 2.24) is 4.98 Å². The highest BCUT2D eigenvalue weighted by Crippen LogP contribution is 2.16. The lowest BCUT2D eigenvalue weighted by molar-refractivity contribution is 0.597. The maximum absolute atomic E-state index is 11.0. The van der Waals surface area contributed by atoms with E-state index in [0.717, 1.165) is 5.69 Å². The molecule has 0 radical (unpaired) electrons. The number of primary sulfonamides is 1. The minimum Gasteiger partial charge on any atom is -0.399 e. The molecular formula is C11H12N4O2S. The zero-order valence-corrected chi connectivity index (χ0v) is 10.2. The topological polar surface area (TPSA) is 111 Å². The van der Waals surface area contributed by atoms with Crippen LogP contribution in [0.5, 0.6) is 0 Å². The Bertz CT molecular complexity index is 636. The molecule has 5 N–H and O–H groups in total. The van der Waals surface area contributed by atoms with Crippen LogP contribution in [-0.2, 0) is 10.0 Å². The van der Waals surface area contributed by atoms with Crippen LogP contribution in [-0.4, -0.2) is 13.4 Å². The van der Waals surface area contributed by atoms with Gasteiger partial charge in [0.25, 0.3) is 0 Å². The lowest BCUT2D eigenvalue weighted by atomic mass is 10.3. The van der Waals surface area contributed by atoms with E-state index in [0.29, 0.717) is 11.5 Å². The second-order valence-electron chi connectivity index (χ2n) is 3.67. The van der Waals surface area contributed by atoms with Gasteiger partial charge >= 0.3 is 0 Å². The summed E-state index contributed by atoms with van der Waals surface area (Å²) in [5.74, 6) is 0.521. The van der Waals surface area contributed by atoms with E-state index in [-0.39, 0.29) is 4.90 Å². The summed E-state index contributed by atoms with van der Waals surface area (Å²) in [7, 11) is -3.70. The Morgan fingerprint density at radius 2 is 1.72 bits per heavy atom. The highest BCUT2D eigenvalue weighted by atomic mass is 32.2. The standard InChI is InChI=1S/C11H12N4O2S/c12-8-1-3-9(4-2-8)15-11-6-5-10(7-14-11)18(13,16)17/h1-7H,12H2,(H,14,15)(H2,13,16,17). The van der Waals surface area contributed by atoms with Gasteiger partial charge in [0.15, 0.2) is 0 Å². The summed E-state index contributed by atoms with van der Waals surface area (Å²) in [5, 5.41) is 7.98. The fourth-order valence-electron chi connectivity index (χ4n) is 1.34. The van der Waals surface area contributed by atoms with Crippen LogP contribution in [0.2, 0.25) is 0 Å². The van der Waals surface area contributed by atoms with Gasteiger partial charge in [-0.05, 0) is 36.4 Å². The summed E-state index contributed by atoms with van der Waals surface area (Å²) in [6, 6.07) is 10.0. The molecule has 0 aliphatic carbocycles. The van der Waals surface area contributed by atoms with Crippen molar-refractivity contribution in [2.45, 2.75) is 4.90 Å². The largest absolute Gasteiger partial charge is 0.399 e. The van der Waals surface area contributed by atoms with Gasteiger partial charge < -0.3 is 11.1 Å². The summed E-state index contributed by atoms with van der Waals surface area (Å²) in [5.41, 5.74) is 7.03. The molecule has 0 amide bonds. The van der Waals surface area contributed by atoms with E-state index in [2.05, 4.69) is 10.3 Å². The molecule has 0 spiro atoms. The van der Waals surface area contributed by atoms with Crippen molar-refractivity contribution in [3.63, 3.8) is 0 Å². The highest BCUT2D eigenvalue weighted by molar-refractivity contribution is 7.89. The molecule has 0 bridgehead atoms. The zero-order valence-electron chi connectivity index (χ0n) is 9.37. The summed E-state index contributed by atoms with van der Waals surface area (Å²) < 4.78 is 22.1. The fourth-order valence-corrected chi connectivity index (χ4v) is 1.79. The van der Waals surface area contributed by atoms with Gasteiger partial charge in [0.1, 0.15) is 10.7 Å². The number of hydrogen-bond donors (Lipinski definition) is 3. The van der Waals surface area contributed by atoms with Crippen molar-refractivity contribution in [3.05, 3.63) is 42.6 Å². The minimum absolute atomic E-state index is 0.0228. The maximum atomic E-state index is 11.0. The number of benzene rings is 1. The molecule has 1 aromatic heterocycles. The molecule has 18 heavy (non-hydrogen) atoms. The van der Waals surface area contributed by atoms with Crippen molar-refractivity contribution >= 4 is 27.2 Å². The Morgan fingerprint density at radius 1 is 1.06 bits per heavy atom. The van der Waals surface area contributed by atoms with Crippen LogP contribution in [0, 0.1) is 0 Å². The molecular weight excluding hydrogens is 252 g/mol. The van der Waals surface area contributed by atoms with Gasteiger partial charge in [-0.1, -0.05) is 0 Å². The van der Waals surface area contributed by atoms with E-state index in [9.17, 15) is 8.42 Å². The number of pyridine rings is 1. The van der Waals surface area contributed by atoms with E-state index in [1.165, 1.54) is 18.3 Å². The third kappa shape index (κ3) is 2.96. The lowest BCUT2D eigenvalue weighted by Crippen LogP contribution is -2.12. The minimum atomic E-state index is -3.70. The van der Waals surface area contributed by atoms with E-state index in [1.54, 1.807) is 24.3 Å². The predicted molar refractivity (Wildman–Crippen MR) is 69.7 cm³/mol. The van der Waals surface area contributed by atoms with Crippen LogP contribution in [0.25, 0.3) is 0 Å². The van der Waals surface area contributed by atoms with Crippen LogP contribution >= 0.6 is 0 Å². The number of nitrogens with two attached hydrogens (primary N) is 2. The first-order chi connectivity index (χ1) is 8.45. The summed E-state index contributed by atoms with van der Waals surface area (Å²) in [6.07, 6.45) is 1.20. The summed E-state index contributed by atoms with van der Waals surface area (Å²) in [4.78, 5) is 3.94. The van der Waals surface area contributed by atoms with Crippen molar-refractivity contribution in [3.8, 4) is 0 Å². The number of sulfonamides is 1. The second kappa shape index (κ2) is 4.63. The Morgan fingerprint density at radius 3 is 2.22 bits per heavy atom. The summed E-state index contributed by atoms with van der Waals surface area (Å²) in [6.45, 7) is 0. The average molecular weight is 264 g/mol. The van der Waals surface area contributed by atoms with Crippen molar-refractivity contribution in [1.29, 1.82) is 0 Å². The molecule has 7 heteroatoms. The molecule has 0 saturated carbocycles. The quantitative estimate of drug-likeness (QED) is 0.718. The number of anilines is 3. The monoisotopic (exact) mass is 264 g/mol. The van der Waals surface area contributed by atoms with Crippen LogP contribution < -0.4 is 16.2 Å². The smallest absolute Gasteiger partial charge is 0.239 e. The second-order valence-corrected chi connectivity index (χ2v) is 5.23. The van der Waals surface area contributed by atoms with E-state index in [4.69, 9.17) is 10.9 Å².